The molecule has 1 aliphatic rings. The first kappa shape index (κ1) is 15.6. The van der Waals surface area contributed by atoms with Gasteiger partial charge in [0.25, 0.3) is 0 Å². The number of hydrogen-bond donors (Lipinski definition) is 2. The average molecular weight is 270 g/mol. The highest BCUT2D eigenvalue weighted by atomic mass is 16.3. The topological polar surface area (TPSA) is 86.7 Å². The Kier molecular flexibility index (Phi) is 6.49. The zero-order chi connectivity index (χ0) is 14.3. The second-order valence-electron chi connectivity index (χ2n) is 4.97. The molecule has 0 aliphatic carbocycles. The van der Waals surface area contributed by atoms with Gasteiger partial charge in [0.05, 0.1) is 0 Å². The highest BCUT2D eigenvalue weighted by Gasteiger charge is 2.28. The minimum atomic E-state index is -0.186. The van der Waals surface area contributed by atoms with Gasteiger partial charge in [0, 0.05) is 39.0 Å². The normalized spacial score (nSPS) is 16.8. The van der Waals surface area contributed by atoms with Gasteiger partial charge in [0.1, 0.15) is 0 Å². The van der Waals surface area contributed by atoms with Gasteiger partial charge in [-0.15, -0.1) is 0 Å². The summed E-state index contributed by atoms with van der Waals surface area (Å²) in [5.74, 6) is -0.273. The van der Waals surface area contributed by atoms with Crippen molar-refractivity contribution in [1.29, 1.82) is 0 Å². The molecule has 0 aromatic carbocycles. The van der Waals surface area contributed by atoms with Gasteiger partial charge in [0.2, 0.25) is 17.7 Å². The number of nitrogens with zero attached hydrogens (tertiary/aromatic N) is 1. The lowest BCUT2D eigenvalue weighted by Gasteiger charge is -2.13. The number of carbonyl (C=O) groups is 3. The van der Waals surface area contributed by atoms with E-state index in [0.717, 1.165) is 17.7 Å². The second-order valence-corrected chi connectivity index (χ2v) is 4.97. The summed E-state index contributed by atoms with van der Waals surface area (Å²) in [6.07, 6.45) is 2.36. The third-order valence-corrected chi connectivity index (χ3v) is 3.22. The van der Waals surface area contributed by atoms with Crippen molar-refractivity contribution in [3.8, 4) is 0 Å². The van der Waals surface area contributed by atoms with Crippen molar-refractivity contribution in [1.82, 2.24) is 10.2 Å². The van der Waals surface area contributed by atoms with Crippen LogP contribution in [0.5, 0.6) is 0 Å². The number of nitrogens with one attached hydrogen (secondary N) is 1. The molecule has 0 radical (unpaired) electrons. The number of carbonyl (C=O) groups excluding carboxylic acids is 3. The zero-order valence-electron chi connectivity index (χ0n) is 11.4. The van der Waals surface area contributed by atoms with Crippen LogP contribution in [0.3, 0.4) is 0 Å². The van der Waals surface area contributed by atoms with Crippen LogP contribution in [-0.4, -0.2) is 47.4 Å². The summed E-state index contributed by atoms with van der Waals surface area (Å²) in [5, 5.41) is 11.6. The largest absolute Gasteiger partial charge is 0.396 e. The molecule has 19 heavy (non-hydrogen) atoms. The number of aliphatic hydroxyl groups excluding tert-OH is 1. The zero-order valence-corrected chi connectivity index (χ0v) is 11.4. The molecule has 0 saturated carbocycles. The summed E-state index contributed by atoms with van der Waals surface area (Å²) in [6.45, 7) is 2.85. The predicted molar refractivity (Wildman–Crippen MR) is 69.1 cm³/mol. The molecule has 2 N–H and O–H groups in total. The van der Waals surface area contributed by atoms with E-state index in [1.807, 2.05) is 6.92 Å². The van der Waals surface area contributed by atoms with Crippen molar-refractivity contribution in [3.05, 3.63) is 0 Å². The number of likely N-dealkylation sites (tertiary alicyclic amines) is 1. The average Bonchev–Trinajstić information content (AvgIpc) is 2.71. The SMILES string of the molecule is CC(CO)CCCNC(=O)CCN1C(=O)CCC1=O. The Bertz CT molecular complexity index is 328. The predicted octanol–water partition coefficient (Wildman–Crippen LogP) is 0.0503. The maximum atomic E-state index is 11.5. The van der Waals surface area contributed by atoms with E-state index in [0.29, 0.717) is 6.54 Å². The summed E-state index contributed by atoms with van der Waals surface area (Å²) in [4.78, 5) is 35.3. The van der Waals surface area contributed by atoms with Crippen LogP contribution in [0.15, 0.2) is 0 Å². The van der Waals surface area contributed by atoms with Crippen LogP contribution < -0.4 is 5.32 Å². The first-order valence-electron chi connectivity index (χ1n) is 6.75. The van der Waals surface area contributed by atoms with Gasteiger partial charge < -0.3 is 10.4 Å². The third kappa shape index (κ3) is 5.38. The number of imide groups is 1. The minimum absolute atomic E-state index is 0.149. The lowest BCUT2D eigenvalue weighted by Crippen LogP contribution is -2.34. The number of rotatable bonds is 8. The molecule has 0 bridgehead atoms. The Morgan fingerprint density at radius 3 is 2.58 bits per heavy atom. The maximum Gasteiger partial charge on any atom is 0.229 e. The summed E-state index contributed by atoms with van der Waals surface area (Å²) in [7, 11) is 0. The molecule has 1 rings (SSSR count). The van der Waals surface area contributed by atoms with E-state index in [2.05, 4.69) is 5.32 Å². The van der Waals surface area contributed by atoms with E-state index in [1.54, 1.807) is 0 Å². The van der Waals surface area contributed by atoms with E-state index < -0.39 is 0 Å². The first-order chi connectivity index (χ1) is 9.04. The van der Waals surface area contributed by atoms with Gasteiger partial charge >= 0.3 is 0 Å². The Labute approximate surface area is 113 Å². The van der Waals surface area contributed by atoms with Gasteiger partial charge in [0.15, 0.2) is 0 Å². The van der Waals surface area contributed by atoms with Crippen molar-refractivity contribution in [3.63, 3.8) is 0 Å². The molecule has 0 aromatic rings. The Balaban J connectivity index is 2.11. The van der Waals surface area contributed by atoms with Crippen LogP contribution in [0.2, 0.25) is 0 Å². The van der Waals surface area contributed by atoms with Gasteiger partial charge in [-0.25, -0.2) is 0 Å². The van der Waals surface area contributed by atoms with Crippen LogP contribution in [0.4, 0.5) is 0 Å². The second kappa shape index (κ2) is 7.89. The van der Waals surface area contributed by atoms with Crippen LogP contribution >= 0.6 is 0 Å². The van der Waals surface area contributed by atoms with Crippen LogP contribution in [0.25, 0.3) is 0 Å². The monoisotopic (exact) mass is 270 g/mol. The van der Waals surface area contributed by atoms with E-state index in [1.165, 1.54) is 0 Å². The Morgan fingerprint density at radius 2 is 2.00 bits per heavy atom. The van der Waals surface area contributed by atoms with Crippen molar-refractivity contribution in [2.75, 3.05) is 19.7 Å². The van der Waals surface area contributed by atoms with Crippen molar-refractivity contribution in [2.24, 2.45) is 5.92 Å². The van der Waals surface area contributed by atoms with Crippen LogP contribution in [-0.2, 0) is 14.4 Å². The van der Waals surface area contributed by atoms with E-state index in [4.69, 9.17) is 5.11 Å². The lowest BCUT2D eigenvalue weighted by atomic mass is 10.1. The molecule has 1 unspecified atom stereocenters. The fourth-order valence-corrected chi connectivity index (χ4v) is 1.94. The minimum Gasteiger partial charge on any atom is -0.396 e. The van der Waals surface area contributed by atoms with Crippen LogP contribution in [0, 0.1) is 5.92 Å². The molecule has 1 atom stereocenters. The first-order valence-corrected chi connectivity index (χ1v) is 6.75. The van der Waals surface area contributed by atoms with Gasteiger partial charge in [-0.2, -0.15) is 0 Å². The van der Waals surface area contributed by atoms with E-state index in [9.17, 15) is 14.4 Å². The molecule has 1 aliphatic heterocycles. The highest BCUT2D eigenvalue weighted by molar-refractivity contribution is 6.02. The van der Waals surface area contributed by atoms with Gasteiger partial charge in [-0.1, -0.05) is 6.92 Å². The molecule has 1 heterocycles. The molecule has 1 fully saturated rings. The van der Waals surface area contributed by atoms with Gasteiger partial charge in [-0.3, -0.25) is 19.3 Å². The van der Waals surface area contributed by atoms with E-state index >= 15 is 0 Å². The van der Waals surface area contributed by atoms with Crippen molar-refractivity contribution in [2.45, 2.75) is 39.0 Å². The number of hydrogen-bond acceptors (Lipinski definition) is 4. The van der Waals surface area contributed by atoms with Crippen molar-refractivity contribution >= 4 is 17.7 Å². The molecular formula is C13H22N2O4. The standard InChI is InChI=1S/C13H22N2O4/c1-10(9-16)3-2-7-14-11(17)6-8-15-12(18)4-5-13(15)19/h10,16H,2-9H2,1H3,(H,14,17). The number of amides is 3. The molecule has 1 saturated heterocycles. The Morgan fingerprint density at radius 1 is 1.37 bits per heavy atom. The molecule has 6 nitrogen and oxygen atoms in total. The molecule has 0 spiro atoms. The third-order valence-electron chi connectivity index (χ3n) is 3.22. The molecular weight excluding hydrogens is 248 g/mol. The summed E-state index contributed by atoms with van der Waals surface area (Å²) >= 11 is 0. The van der Waals surface area contributed by atoms with E-state index in [-0.39, 0.29) is 56.1 Å². The fourth-order valence-electron chi connectivity index (χ4n) is 1.94. The summed E-state index contributed by atoms with van der Waals surface area (Å²) in [6, 6.07) is 0. The Hall–Kier alpha value is -1.43. The van der Waals surface area contributed by atoms with Gasteiger partial charge in [-0.05, 0) is 18.8 Å². The maximum absolute atomic E-state index is 11.5. The van der Waals surface area contributed by atoms with Crippen molar-refractivity contribution < 1.29 is 19.5 Å². The molecule has 6 heteroatoms. The number of aliphatic hydroxyl groups is 1. The molecule has 0 aromatic heterocycles. The summed E-state index contributed by atoms with van der Waals surface area (Å²) in [5.41, 5.74) is 0. The summed E-state index contributed by atoms with van der Waals surface area (Å²) < 4.78 is 0. The molecule has 108 valence electrons. The quantitative estimate of drug-likeness (QED) is 0.482. The molecule has 3 amide bonds. The smallest absolute Gasteiger partial charge is 0.229 e. The highest BCUT2D eigenvalue weighted by Crippen LogP contribution is 2.11. The lowest BCUT2D eigenvalue weighted by molar-refractivity contribution is -0.138. The van der Waals surface area contributed by atoms with Crippen LogP contribution in [0.1, 0.15) is 39.0 Å². The fraction of sp³-hybridized carbons (Fsp3) is 0.769.